The van der Waals surface area contributed by atoms with Crippen LogP contribution in [0.4, 0.5) is 0 Å². The molecule has 0 aliphatic heterocycles. The molecule has 1 aromatic carbocycles. The lowest BCUT2D eigenvalue weighted by Gasteiger charge is -1.94. The zero-order chi connectivity index (χ0) is 9.10. The van der Waals surface area contributed by atoms with Gasteiger partial charge in [0.05, 0.1) is 34.8 Å². The molecule has 0 amide bonds. The van der Waals surface area contributed by atoms with Gasteiger partial charge in [-0.25, -0.2) is 0 Å². The van der Waals surface area contributed by atoms with Crippen molar-refractivity contribution in [3.63, 3.8) is 0 Å². The molecule has 0 atom stereocenters. The van der Waals surface area contributed by atoms with Crippen LogP contribution < -0.4 is 0 Å². The number of rotatable bonds is 2. The smallest absolute Gasteiger partial charge is 0.0880 e. The van der Waals surface area contributed by atoms with E-state index in [1.807, 2.05) is 24.4 Å². The second-order valence-corrected chi connectivity index (χ2v) is 3.75. The summed E-state index contributed by atoms with van der Waals surface area (Å²) in [5, 5.41) is 7.88. The number of benzene rings is 1. The molecule has 0 aliphatic rings. The van der Waals surface area contributed by atoms with E-state index in [9.17, 15) is 0 Å². The summed E-state index contributed by atoms with van der Waals surface area (Å²) in [6.45, 7) is 0. The van der Waals surface area contributed by atoms with Crippen molar-refractivity contribution in [1.82, 2.24) is 13.2 Å². The molecular formula is C9H8IN3. The maximum atomic E-state index is 4.02. The van der Waals surface area contributed by atoms with Crippen LogP contribution in [0.25, 0.3) is 0 Å². The highest BCUT2D eigenvalue weighted by Crippen LogP contribution is 2.06. The second-order valence-electron chi connectivity index (χ2n) is 2.76. The van der Waals surface area contributed by atoms with E-state index in [-0.39, 0.29) is 0 Å². The van der Waals surface area contributed by atoms with Gasteiger partial charge in [0.1, 0.15) is 0 Å². The molecule has 0 saturated heterocycles. The van der Waals surface area contributed by atoms with Crippen molar-refractivity contribution in [2.75, 3.05) is 0 Å². The molecule has 2 rings (SSSR count). The predicted molar refractivity (Wildman–Crippen MR) is 58.7 cm³/mol. The molecule has 0 saturated carbocycles. The molecule has 0 fully saturated rings. The lowest BCUT2D eigenvalue weighted by molar-refractivity contribution is 0.899. The first kappa shape index (κ1) is 8.68. The molecule has 0 unspecified atom stereocenters. The van der Waals surface area contributed by atoms with E-state index in [0.717, 1.165) is 12.1 Å². The van der Waals surface area contributed by atoms with Crippen LogP contribution in [0, 0.1) is 0 Å². The Labute approximate surface area is 90.3 Å². The van der Waals surface area contributed by atoms with Crippen molar-refractivity contribution >= 4 is 22.9 Å². The van der Waals surface area contributed by atoms with E-state index in [2.05, 4.69) is 45.3 Å². The van der Waals surface area contributed by atoms with Crippen molar-refractivity contribution in [2.24, 2.45) is 0 Å². The minimum absolute atomic E-state index is 0.851. The largest absolute Gasteiger partial charge is 0.191 e. The summed E-state index contributed by atoms with van der Waals surface area (Å²) in [4.78, 5) is 0. The first-order valence-electron chi connectivity index (χ1n) is 3.96. The van der Waals surface area contributed by atoms with E-state index < -0.39 is 0 Å². The average Bonchev–Trinajstić information content (AvgIpc) is 2.53. The molecule has 2 aromatic rings. The van der Waals surface area contributed by atoms with Crippen LogP contribution in [-0.4, -0.2) is 13.2 Å². The van der Waals surface area contributed by atoms with E-state index in [4.69, 9.17) is 0 Å². The zero-order valence-electron chi connectivity index (χ0n) is 6.89. The fourth-order valence-electron chi connectivity index (χ4n) is 1.16. The molecular weight excluding hydrogens is 277 g/mol. The molecule has 4 heteroatoms. The van der Waals surface area contributed by atoms with Gasteiger partial charge in [-0.15, -0.1) is 5.10 Å². The highest BCUT2D eigenvalue weighted by Gasteiger charge is 1.99. The maximum absolute atomic E-state index is 4.02. The summed E-state index contributed by atoms with van der Waals surface area (Å²) in [6, 6.07) is 10.3. The van der Waals surface area contributed by atoms with Crippen molar-refractivity contribution in [3.05, 3.63) is 47.8 Å². The van der Waals surface area contributed by atoms with Crippen LogP contribution in [0.1, 0.15) is 11.3 Å². The number of aromatic nitrogens is 3. The SMILES string of the molecule is In1cc(Cc2ccccc2)nn1. The van der Waals surface area contributed by atoms with E-state index in [1.165, 1.54) is 5.56 Å². The highest BCUT2D eigenvalue weighted by atomic mass is 127. The Hall–Kier alpha value is -0.910. The quantitative estimate of drug-likeness (QED) is 0.791. The first-order chi connectivity index (χ1) is 6.34. The topological polar surface area (TPSA) is 30.7 Å². The van der Waals surface area contributed by atoms with Gasteiger partial charge in [0, 0.05) is 6.42 Å². The maximum Gasteiger partial charge on any atom is 0.0880 e. The van der Waals surface area contributed by atoms with Crippen LogP contribution in [0.3, 0.4) is 0 Å². The Balaban J connectivity index is 2.15. The average molecular weight is 285 g/mol. The van der Waals surface area contributed by atoms with E-state index >= 15 is 0 Å². The second kappa shape index (κ2) is 3.87. The monoisotopic (exact) mass is 285 g/mol. The van der Waals surface area contributed by atoms with Crippen molar-refractivity contribution < 1.29 is 0 Å². The summed E-state index contributed by atoms with van der Waals surface area (Å²) in [5.74, 6) is 0. The summed E-state index contributed by atoms with van der Waals surface area (Å²) < 4.78 is 1.69. The minimum atomic E-state index is 0.851. The van der Waals surface area contributed by atoms with Gasteiger partial charge < -0.3 is 0 Å². The third-order valence-corrected chi connectivity index (χ3v) is 2.21. The molecule has 1 heterocycles. The lowest BCUT2D eigenvalue weighted by Crippen LogP contribution is -1.87. The molecule has 3 nitrogen and oxygen atoms in total. The Morgan fingerprint density at radius 1 is 1.23 bits per heavy atom. The Bertz CT molecular complexity index is 383. The first-order valence-corrected chi connectivity index (χ1v) is 4.92. The molecule has 66 valence electrons. The summed E-state index contributed by atoms with van der Waals surface area (Å²) in [5.41, 5.74) is 2.26. The Morgan fingerprint density at radius 2 is 2.00 bits per heavy atom. The van der Waals surface area contributed by atoms with Gasteiger partial charge in [0.2, 0.25) is 0 Å². The fraction of sp³-hybridized carbons (Fsp3) is 0.111. The number of nitrogens with zero attached hydrogens (tertiary/aromatic N) is 3. The molecule has 0 bridgehead atoms. The van der Waals surface area contributed by atoms with Gasteiger partial charge in [-0.3, -0.25) is 0 Å². The normalized spacial score (nSPS) is 10.2. The van der Waals surface area contributed by atoms with Gasteiger partial charge >= 0.3 is 0 Å². The van der Waals surface area contributed by atoms with Gasteiger partial charge in [-0.05, 0) is 5.56 Å². The van der Waals surface area contributed by atoms with Crippen LogP contribution in [0.2, 0.25) is 0 Å². The summed E-state index contributed by atoms with van der Waals surface area (Å²) in [7, 11) is 0. The van der Waals surface area contributed by atoms with E-state index in [1.54, 1.807) is 2.90 Å². The number of hydrogen-bond acceptors (Lipinski definition) is 2. The molecule has 0 spiro atoms. The minimum Gasteiger partial charge on any atom is -0.191 e. The zero-order valence-corrected chi connectivity index (χ0v) is 9.05. The Morgan fingerprint density at radius 3 is 2.62 bits per heavy atom. The molecule has 0 N–H and O–H groups in total. The van der Waals surface area contributed by atoms with Gasteiger partial charge in [0.15, 0.2) is 0 Å². The van der Waals surface area contributed by atoms with Crippen molar-refractivity contribution in [3.8, 4) is 0 Å². The van der Waals surface area contributed by atoms with Crippen molar-refractivity contribution in [2.45, 2.75) is 6.42 Å². The van der Waals surface area contributed by atoms with Gasteiger partial charge in [0.25, 0.3) is 0 Å². The third kappa shape index (κ3) is 2.27. The van der Waals surface area contributed by atoms with Crippen LogP contribution in [0.15, 0.2) is 36.5 Å². The standard InChI is InChI=1S/C9H8IN3/c10-13-7-9(11-12-13)6-8-4-2-1-3-5-8/h1-5,7H,6H2. The molecule has 13 heavy (non-hydrogen) atoms. The van der Waals surface area contributed by atoms with Gasteiger partial charge in [-0.2, -0.15) is 2.90 Å². The van der Waals surface area contributed by atoms with Crippen LogP contribution >= 0.6 is 22.9 Å². The van der Waals surface area contributed by atoms with Gasteiger partial charge in [-0.1, -0.05) is 35.5 Å². The third-order valence-electron chi connectivity index (χ3n) is 1.74. The highest BCUT2D eigenvalue weighted by molar-refractivity contribution is 14.1. The summed E-state index contributed by atoms with van der Waals surface area (Å²) >= 11 is 2.09. The lowest BCUT2D eigenvalue weighted by atomic mass is 10.1. The number of hydrogen-bond donors (Lipinski definition) is 0. The molecule has 0 aliphatic carbocycles. The summed E-state index contributed by atoms with van der Waals surface area (Å²) in [6.07, 6.45) is 2.78. The predicted octanol–water partition coefficient (Wildman–Crippen LogP) is 2.07. The number of halogens is 1. The fourth-order valence-corrected chi connectivity index (χ4v) is 1.58. The Kier molecular flexibility index (Phi) is 2.58. The molecule has 1 aromatic heterocycles. The van der Waals surface area contributed by atoms with E-state index in [0.29, 0.717) is 0 Å². The van der Waals surface area contributed by atoms with Crippen molar-refractivity contribution in [1.29, 1.82) is 0 Å². The molecule has 0 radical (unpaired) electrons. The van der Waals surface area contributed by atoms with Crippen LogP contribution in [0.5, 0.6) is 0 Å². The van der Waals surface area contributed by atoms with Crippen LogP contribution in [-0.2, 0) is 6.42 Å².